The van der Waals surface area contributed by atoms with Crippen molar-refractivity contribution < 1.29 is 4.84 Å². The number of hydrogen-bond acceptors (Lipinski definition) is 4. The molecule has 0 aromatic carbocycles. The van der Waals surface area contributed by atoms with Gasteiger partial charge in [0.25, 0.3) is 0 Å². The first-order valence-electron chi connectivity index (χ1n) is 3.48. The summed E-state index contributed by atoms with van der Waals surface area (Å²) >= 11 is 0. The highest BCUT2D eigenvalue weighted by molar-refractivity contribution is 5.89. The molecule has 0 unspecified atom stereocenters. The summed E-state index contributed by atoms with van der Waals surface area (Å²) in [6.07, 6.45) is 0. The largest absolute Gasteiger partial charge is 0.337 e. The molecule has 0 spiro atoms. The van der Waals surface area contributed by atoms with Crippen molar-refractivity contribution in [1.82, 2.24) is 5.32 Å². The van der Waals surface area contributed by atoms with Gasteiger partial charge in [-0.2, -0.15) is 0 Å². The molecule has 4 nitrogen and oxygen atoms in total. The van der Waals surface area contributed by atoms with E-state index in [9.17, 15) is 0 Å². The summed E-state index contributed by atoms with van der Waals surface area (Å²) in [4.78, 5) is 4.78. The quantitative estimate of drug-likeness (QED) is 0.606. The molecule has 0 aromatic rings. The van der Waals surface area contributed by atoms with Gasteiger partial charge in [0.15, 0.2) is 5.84 Å². The third-order valence-electron chi connectivity index (χ3n) is 1.66. The van der Waals surface area contributed by atoms with Crippen LogP contribution >= 0.6 is 0 Å². The molecule has 0 saturated heterocycles. The minimum atomic E-state index is -0.167. The van der Waals surface area contributed by atoms with Crippen LogP contribution in [0, 0.1) is 5.41 Å². The summed E-state index contributed by atoms with van der Waals surface area (Å²) in [5, 5.41) is 6.68. The van der Waals surface area contributed by atoms with Crippen LogP contribution in [0.5, 0.6) is 0 Å². The van der Waals surface area contributed by atoms with Crippen LogP contribution < -0.4 is 11.1 Å². The zero-order valence-electron chi connectivity index (χ0n) is 6.85. The number of oxime groups is 1. The lowest BCUT2D eigenvalue weighted by Gasteiger charge is -2.20. The lowest BCUT2D eigenvalue weighted by atomic mass is 9.92. The molecule has 3 N–H and O–H groups in total. The number of hydrogen-bond donors (Lipinski definition) is 2. The van der Waals surface area contributed by atoms with Crippen LogP contribution in [-0.2, 0) is 4.84 Å². The van der Waals surface area contributed by atoms with Crippen molar-refractivity contribution in [2.24, 2.45) is 16.3 Å². The lowest BCUT2D eigenvalue weighted by Crippen LogP contribution is -2.38. The molecule has 0 atom stereocenters. The summed E-state index contributed by atoms with van der Waals surface area (Å²) in [5.74, 6) is 1.20. The normalized spacial score (nSPS) is 17.4. The fraction of sp³-hybridized carbons (Fsp3) is 0.571. The van der Waals surface area contributed by atoms with Crippen LogP contribution in [-0.4, -0.2) is 12.4 Å². The van der Waals surface area contributed by atoms with Crippen molar-refractivity contribution in [3.63, 3.8) is 0 Å². The van der Waals surface area contributed by atoms with Gasteiger partial charge in [-0.15, -0.1) is 0 Å². The average Bonchev–Trinajstić information content (AvgIpc) is 2.36. The van der Waals surface area contributed by atoms with Gasteiger partial charge in [-0.1, -0.05) is 19.0 Å². The van der Waals surface area contributed by atoms with E-state index >= 15 is 0 Å². The van der Waals surface area contributed by atoms with E-state index in [1.54, 1.807) is 0 Å². The Balaban J connectivity index is 2.69. The highest BCUT2D eigenvalue weighted by Crippen LogP contribution is 2.18. The molecule has 0 aromatic heterocycles. The van der Waals surface area contributed by atoms with Gasteiger partial charge in [-0.05, 0) is 6.58 Å². The molecule has 0 aliphatic carbocycles. The number of amidine groups is 1. The van der Waals surface area contributed by atoms with Crippen LogP contribution in [0.1, 0.15) is 13.8 Å². The Morgan fingerprint density at radius 1 is 1.73 bits per heavy atom. The maximum absolute atomic E-state index is 5.53. The second kappa shape index (κ2) is 2.54. The molecular formula is C7H13N3O. The third-order valence-corrected chi connectivity index (χ3v) is 1.66. The minimum Gasteiger partial charge on any atom is -0.337 e. The summed E-state index contributed by atoms with van der Waals surface area (Å²) < 4.78 is 0. The predicted molar refractivity (Wildman–Crippen MR) is 43.6 cm³/mol. The zero-order valence-corrected chi connectivity index (χ0v) is 6.85. The van der Waals surface area contributed by atoms with E-state index in [4.69, 9.17) is 10.6 Å². The van der Waals surface area contributed by atoms with E-state index in [1.807, 2.05) is 13.8 Å². The van der Waals surface area contributed by atoms with Crippen LogP contribution in [0.15, 0.2) is 17.6 Å². The van der Waals surface area contributed by atoms with E-state index in [2.05, 4.69) is 17.1 Å². The minimum absolute atomic E-state index is 0.167. The Hall–Kier alpha value is -1.03. The Kier molecular flexibility index (Phi) is 1.87. The van der Waals surface area contributed by atoms with E-state index in [0.717, 1.165) is 5.84 Å². The van der Waals surface area contributed by atoms with Gasteiger partial charge in [0.2, 0.25) is 5.88 Å². The SMILES string of the molecule is C=C1NC(C(C)(C)CN)=NO1. The molecule has 1 rings (SSSR count). The van der Waals surface area contributed by atoms with Gasteiger partial charge in [0.05, 0.1) is 0 Å². The van der Waals surface area contributed by atoms with Crippen molar-refractivity contribution in [2.45, 2.75) is 13.8 Å². The molecular weight excluding hydrogens is 142 g/mol. The second-order valence-corrected chi connectivity index (χ2v) is 3.17. The molecule has 1 aliphatic heterocycles. The van der Waals surface area contributed by atoms with Crippen LogP contribution in [0.3, 0.4) is 0 Å². The second-order valence-electron chi connectivity index (χ2n) is 3.17. The number of nitrogens with one attached hydrogen (secondary N) is 1. The topological polar surface area (TPSA) is 59.6 Å². The van der Waals surface area contributed by atoms with E-state index in [1.165, 1.54) is 0 Å². The van der Waals surface area contributed by atoms with Gasteiger partial charge >= 0.3 is 0 Å². The van der Waals surface area contributed by atoms with E-state index < -0.39 is 0 Å². The molecule has 0 saturated carbocycles. The molecule has 0 fully saturated rings. The fourth-order valence-corrected chi connectivity index (χ4v) is 0.668. The van der Waals surface area contributed by atoms with Crippen molar-refractivity contribution in [1.29, 1.82) is 0 Å². The molecule has 62 valence electrons. The third kappa shape index (κ3) is 1.51. The summed E-state index contributed by atoms with van der Waals surface area (Å²) in [5.41, 5.74) is 5.36. The Labute approximate surface area is 66.1 Å². The van der Waals surface area contributed by atoms with Gasteiger partial charge < -0.3 is 15.9 Å². The van der Waals surface area contributed by atoms with Gasteiger partial charge in [0.1, 0.15) is 0 Å². The van der Waals surface area contributed by atoms with Crippen LogP contribution in [0.4, 0.5) is 0 Å². The monoisotopic (exact) mass is 155 g/mol. The van der Waals surface area contributed by atoms with Crippen LogP contribution in [0.2, 0.25) is 0 Å². The highest BCUT2D eigenvalue weighted by Gasteiger charge is 2.28. The first-order valence-corrected chi connectivity index (χ1v) is 3.48. The van der Waals surface area contributed by atoms with Crippen LogP contribution in [0.25, 0.3) is 0 Å². The summed E-state index contributed by atoms with van der Waals surface area (Å²) in [7, 11) is 0. The molecule has 1 heterocycles. The predicted octanol–water partition coefficient (Wildman–Crippen LogP) is 0.376. The fourth-order valence-electron chi connectivity index (χ4n) is 0.668. The lowest BCUT2D eigenvalue weighted by molar-refractivity contribution is 0.239. The zero-order chi connectivity index (χ0) is 8.48. The first kappa shape index (κ1) is 8.07. The standard InChI is InChI=1S/C7H13N3O/c1-5-9-6(10-11-5)7(2,3)4-8/h1,4,8H2,2-3H3,(H,9,10). The first-order chi connectivity index (χ1) is 5.06. The highest BCUT2D eigenvalue weighted by atomic mass is 16.7. The maximum Gasteiger partial charge on any atom is 0.221 e. The van der Waals surface area contributed by atoms with Gasteiger partial charge in [-0.25, -0.2) is 0 Å². The molecule has 0 bridgehead atoms. The number of rotatable bonds is 2. The molecule has 11 heavy (non-hydrogen) atoms. The van der Waals surface area contributed by atoms with Gasteiger partial charge in [0, 0.05) is 12.0 Å². The van der Waals surface area contributed by atoms with Gasteiger partial charge in [-0.3, -0.25) is 0 Å². The number of nitrogens with two attached hydrogens (primary N) is 1. The average molecular weight is 155 g/mol. The van der Waals surface area contributed by atoms with Crippen molar-refractivity contribution >= 4 is 5.84 Å². The van der Waals surface area contributed by atoms with Crippen molar-refractivity contribution in [3.05, 3.63) is 12.5 Å². The smallest absolute Gasteiger partial charge is 0.221 e. The Morgan fingerprint density at radius 2 is 2.36 bits per heavy atom. The number of nitrogens with zero attached hydrogens (tertiary/aromatic N) is 1. The van der Waals surface area contributed by atoms with Crippen molar-refractivity contribution in [2.75, 3.05) is 6.54 Å². The Morgan fingerprint density at radius 3 is 2.73 bits per heavy atom. The summed E-state index contributed by atoms with van der Waals surface area (Å²) in [6.45, 7) is 8.06. The molecule has 1 aliphatic rings. The van der Waals surface area contributed by atoms with Crippen molar-refractivity contribution in [3.8, 4) is 0 Å². The molecule has 0 radical (unpaired) electrons. The van der Waals surface area contributed by atoms with E-state index in [0.29, 0.717) is 12.4 Å². The molecule has 4 heteroatoms. The Bertz CT molecular complexity index is 208. The maximum atomic E-state index is 5.53. The summed E-state index contributed by atoms with van der Waals surface area (Å²) in [6, 6.07) is 0. The van der Waals surface area contributed by atoms with E-state index in [-0.39, 0.29) is 5.41 Å². The molecule has 0 amide bonds.